The van der Waals surface area contributed by atoms with Crippen molar-refractivity contribution < 1.29 is 19.2 Å². The Bertz CT molecular complexity index is 469. The summed E-state index contributed by atoms with van der Waals surface area (Å²) in [6.45, 7) is 5.43. The zero-order valence-electron chi connectivity index (χ0n) is 11.6. The lowest BCUT2D eigenvalue weighted by Crippen LogP contribution is -2.25. The Balaban J connectivity index is 3.13. The number of ether oxygens (including phenoxy) is 1. The van der Waals surface area contributed by atoms with Crippen LogP contribution in [0.4, 0.5) is 0 Å². The van der Waals surface area contributed by atoms with Crippen LogP contribution < -0.4 is 10.3 Å². The summed E-state index contributed by atoms with van der Waals surface area (Å²) in [5.41, 5.74) is 3.46. The molecule has 19 heavy (non-hydrogen) atoms. The molecule has 1 rings (SSSR count). The van der Waals surface area contributed by atoms with Gasteiger partial charge in [-0.2, -0.15) is 5.48 Å². The molecule has 0 aliphatic heterocycles. The maximum atomic E-state index is 11.7. The van der Waals surface area contributed by atoms with Crippen LogP contribution >= 0.6 is 0 Å². The fourth-order valence-corrected chi connectivity index (χ4v) is 1.71. The Labute approximate surface area is 112 Å². The van der Waals surface area contributed by atoms with E-state index in [1.807, 2.05) is 13.8 Å². The molecule has 104 valence electrons. The predicted molar refractivity (Wildman–Crippen MR) is 70.8 cm³/mol. The largest absolute Gasteiger partial charge is 0.465 e. The molecule has 0 aromatic heterocycles. The van der Waals surface area contributed by atoms with Gasteiger partial charge in [-0.3, -0.25) is 4.79 Å². The number of rotatable bonds is 5. The third-order valence-corrected chi connectivity index (χ3v) is 2.46. The highest BCUT2D eigenvalue weighted by molar-refractivity contribution is 5.91. The average Bonchev–Trinajstić information content (AvgIpc) is 2.35. The van der Waals surface area contributed by atoms with Crippen molar-refractivity contribution in [3.05, 3.63) is 29.3 Å². The number of esters is 1. The third-order valence-electron chi connectivity index (χ3n) is 2.46. The average molecular weight is 265 g/mol. The van der Waals surface area contributed by atoms with Gasteiger partial charge in [0.1, 0.15) is 0 Å². The first kappa shape index (κ1) is 15.0. The van der Waals surface area contributed by atoms with Gasteiger partial charge < -0.3 is 9.57 Å². The molecular formula is C14H19NO4. The number of hydroxylamine groups is 1. The lowest BCUT2D eigenvalue weighted by atomic mass is 9.97. The van der Waals surface area contributed by atoms with Gasteiger partial charge in [-0.15, -0.1) is 0 Å². The van der Waals surface area contributed by atoms with E-state index >= 15 is 0 Å². The highest BCUT2D eigenvalue weighted by Crippen LogP contribution is 2.25. The smallest absolute Gasteiger partial charge is 0.338 e. The summed E-state index contributed by atoms with van der Waals surface area (Å²) in [6, 6.07) is 5.08. The highest BCUT2D eigenvalue weighted by Gasteiger charge is 2.17. The third kappa shape index (κ3) is 4.28. The van der Waals surface area contributed by atoms with Gasteiger partial charge in [0.15, 0.2) is 5.75 Å². The highest BCUT2D eigenvalue weighted by atomic mass is 16.7. The van der Waals surface area contributed by atoms with Gasteiger partial charge in [-0.25, -0.2) is 4.79 Å². The molecule has 0 fully saturated rings. The van der Waals surface area contributed by atoms with E-state index in [4.69, 9.17) is 9.57 Å². The molecule has 0 saturated carbocycles. The van der Waals surface area contributed by atoms with Crippen LogP contribution in [-0.4, -0.2) is 19.0 Å². The quantitative estimate of drug-likeness (QED) is 0.654. The van der Waals surface area contributed by atoms with Crippen molar-refractivity contribution in [3.63, 3.8) is 0 Å². The number of amides is 1. The number of benzene rings is 1. The van der Waals surface area contributed by atoms with Crippen LogP contribution in [0.5, 0.6) is 5.75 Å². The van der Waals surface area contributed by atoms with E-state index in [0.29, 0.717) is 23.7 Å². The van der Waals surface area contributed by atoms with Crippen molar-refractivity contribution in [2.45, 2.75) is 27.2 Å². The maximum absolute atomic E-state index is 11.7. The minimum Gasteiger partial charge on any atom is -0.465 e. The Morgan fingerprint density at radius 2 is 2.00 bits per heavy atom. The van der Waals surface area contributed by atoms with E-state index < -0.39 is 5.97 Å². The molecule has 1 amide bonds. The monoisotopic (exact) mass is 265 g/mol. The van der Waals surface area contributed by atoms with Crippen LogP contribution in [0, 0.1) is 5.92 Å². The van der Waals surface area contributed by atoms with Gasteiger partial charge in [0.2, 0.25) is 5.91 Å². The van der Waals surface area contributed by atoms with Crippen LogP contribution in [0.3, 0.4) is 0 Å². The van der Waals surface area contributed by atoms with Crippen LogP contribution in [0.15, 0.2) is 18.2 Å². The first-order valence-electron chi connectivity index (χ1n) is 6.09. The van der Waals surface area contributed by atoms with E-state index in [2.05, 4.69) is 5.48 Å². The van der Waals surface area contributed by atoms with Gasteiger partial charge in [-0.1, -0.05) is 19.9 Å². The van der Waals surface area contributed by atoms with Crippen molar-refractivity contribution in [1.82, 2.24) is 5.48 Å². The second kappa shape index (κ2) is 6.78. The molecule has 0 heterocycles. The van der Waals surface area contributed by atoms with Gasteiger partial charge in [0.05, 0.1) is 12.7 Å². The molecule has 0 radical (unpaired) electrons. The summed E-state index contributed by atoms with van der Waals surface area (Å²) >= 11 is 0. The molecule has 5 nitrogen and oxygen atoms in total. The molecule has 5 heteroatoms. The number of carbonyl (C=O) groups is 2. The van der Waals surface area contributed by atoms with Crippen LogP contribution in [0.1, 0.15) is 36.7 Å². The minimum atomic E-state index is -0.413. The normalized spacial score (nSPS) is 10.2. The zero-order chi connectivity index (χ0) is 14.4. The summed E-state index contributed by atoms with van der Waals surface area (Å²) < 4.78 is 4.76. The molecule has 1 N–H and O–H groups in total. The number of carbonyl (C=O) groups excluding carboxylic acids is 2. The number of nitrogens with one attached hydrogen (secondary N) is 1. The van der Waals surface area contributed by atoms with Crippen molar-refractivity contribution >= 4 is 11.9 Å². The first-order chi connectivity index (χ1) is 8.95. The zero-order valence-corrected chi connectivity index (χ0v) is 11.6. The predicted octanol–water partition coefficient (Wildman–Crippen LogP) is 2.10. The van der Waals surface area contributed by atoms with E-state index in [9.17, 15) is 9.59 Å². The van der Waals surface area contributed by atoms with Gasteiger partial charge >= 0.3 is 5.97 Å². The lowest BCUT2D eigenvalue weighted by Gasteiger charge is -2.15. The molecule has 0 spiro atoms. The van der Waals surface area contributed by atoms with E-state index in [-0.39, 0.29) is 5.91 Å². The molecule has 0 unspecified atom stereocenters. The standard InChI is InChI=1S/C14H19NO4/c1-9(2)8-12-11(14(17)18-4)6-5-7-13(12)19-15-10(3)16/h5-7,9H,8H2,1-4H3,(H,15,16). The van der Waals surface area contributed by atoms with Gasteiger partial charge in [-0.05, 0) is 24.5 Å². The summed E-state index contributed by atoms with van der Waals surface area (Å²) in [5.74, 6) is 0.0835. The second-order valence-electron chi connectivity index (χ2n) is 4.63. The maximum Gasteiger partial charge on any atom is 0.338 e. The molecule has 0 saturated heterocycles. The molecule has 1 aromatic carbocycles. The van der Waals surface area contributed by atoms with Gasteiger partial charge in [0, 0.05) is 12.5 Å². The van der Waals surface area contributed by atoms with Crippen LogP contribution in [0.25, 0.3) is 0 Å². The van der Waals surface area contributed by atoms with E-state index in [0.717, 1.165) is 5.56 Å². The number of methoxy groups -OCH3 is 1. The van der Waals surface area contributed by atoms with Crippen molar-refractivity contribution in [1.29, 1.82) is 0 Å². The molecule has 0 aliphatic rings. The van der Waals surface area contributed by atoms with E-state index in [1.165, 1.54) is 14.0 Å². The first-order valence-corrected chi connectivity index (χ1v) is 6.09. The Hall–Kier alpha value is -2.04. The van der Waals surface area contributed by atoms with Crippen LogP contribution in [0.2, 0.25) is 0 Å². The fraction of sp³-hybridized carbons (Fsp3) is 0.429. The molecule has 0 aliphatic carbocycles. The Kier molecular flexibility index (Phi) is 5.36. The fourth-order valence-electron chi connectivity index (χ4n) is 1.71. The summed E-state index contributed by atoms with van der Waals surface area (Å²) in [4.78, 5) is 27.9. The minimum absolute atomic E-state index is 0.307. The van der Waals surface area contributed by atoms with Crippen LogP contribution in [-0.2, 0) is 16.0 Å². The second-order valence-corrected chi connectivity index (χ2v) is 4.63. The number of hydrogen-bond donors (Lipinski definition) is 1. The Morgan fingerprint density at radius 3 is 2.53 bits per heavy atom. The lowest BCUT2D eigenvalue weighted by molar-refractivity contribution is -0.125. The topological polar surface area (TPSA) is 64.6 Å². The summed E-state index contributed by atoms with van der Waals surface area (Å²) in [6.07, 6.45) is 0.653. The van der Waals surface area contributed by atoms with Gasteiger partial charge in [0.25, 0.3) is 0 Å². The van der Waals surface area contributed by atoms with Crippen molar-refractivity contribution in [2.24, 2.45) is 5.92 Å². The number of hydrogen-bond acceptors (Lipinski definition) is 4. The van der Waals surface area contributed by atoms with Crippen molar-refractivity contribution in [2.75, 3.05) is 7.11 Å². The summed E-state index contributed by atoms with van der Waals surface area (Å²) in [7, 11) is 1.34. The molecule has 0 atom stereocenters. The van der Waals surface area contributed by atoms with E-state index in [1.54, 1.807) is 18.2 Å². The SMILES string of the molecule is COC(=O)c1cccc(ONC(C)=O)c1CC(C)C. The summed E-state index contributed by atoms with van der Waals surface area (Å²) in [5, 5.41) is 0. The van der Waals surface area contributed by atoms with Crippen molar-refractivity contribution in [3.8, 4) is 5.75 Å². The molecule has 0 bridgehead atoms. The molecular weight excluding hydrogens is 246 g/mol. The molecule has 1 aromatic rings. The Morgan fingerprint density at radius 1 is 1.32 bits per heavy atom.